The Kier molecular flexibility index (Phi) is 11.7. The largest absolute Gasteiger partial charge is 0.453 e. The zero-order chi connectivity index (χ0) is 40.4. The lowest BCUT2D eigenvalue weighted by Gasteiger charge is -2.30. The molecule has 0 spiro atoms. The van der Waals surface area contributed by atoms with Crippen LogP contribution < -0.4 is 10.6 Å². The van der Waals surface area contributed by atoms with Crippen LogP contribution in [0.2, 0.25) is 0 Å². The van der Waals surface area contributed by atoms with Gasteiger partial charge in [0.2, 0.25) is 11.8 Å². The van der Waals surface area contributed by atoms with Crippen LogP contribution in [0.5, 0.6) is 0 Å². The number of imidazole rings is 2. The second-order valence-electron chi connectivity index (χ2n) is 15.4. The van der Waals surface area contributed by atoms with Crippen LogP contribution in [0.3, 0.4) is 0 Å². The van der Waals surface area contributed by atoms with Crippen molar-refractivity contribution in [1.29, 1.82) is 0 Å². The van der Waals surface area contributed by atoms with E-state index in [0.717, 1.165) is 80.5 Å². The molecule has 15 heteroatoms. The Morgan fingerprint density at radius 1 is 0.719 bits per heavy atom. The van der Waals surface area contributed by atoms with Crippen LogP contribution in [0.25, 0.3) is 43.2 Å². The maximum Gasteiger partial charge on any atom is 0.407 e. The van der Waals surface area contributed by atoms with Gasteiger partial charge in [0.15, 0.2) is 0 Å². The van der Waals surface area contributed by atoms with Crippen molar-refractivity contribution in [3.63, 3.8) is 0 Å². The van der Waals surface area contributed by atoms with Gasteiger partial charge >= 0.3 is 12.2 Å². The van der Waals surface area contributed by atoms with Crippen LogP contribution in [-0.2, 0) is 19.1 Å². The molecule has 2 aliphatic heterocycles. The van der Waals surface area contributed by atoms with Crippen molar-refractivity contribution in [3.8, 4) is 32.1 Å². The number of nitrogens with one attached hydrogen (secondary N) is 4. The molecular weight excluding hydrogens is 745 g/mol. The number of ether oxygens (including phenoxy) is 2. The fourth-order valence-corrected chi connectivity index (χ4v) is 8.85. The normalized spacial score (nSPS) is 18.0. The molecule has 5 heterocycles. The van der Waals surface area contributed by atoms with Crippen molar-refractivity contribution >= 4 is 46.4 Å². The summed E-state index contributed by atoms with van der Waals surface area (Å²) in [6, 6.07) is 17.0. The van der Waals surface area contributed by atoms with Crippen LogP contribution in [0.15, 0.2) is 60.8 Å². The Morgan fingerprint density at radius 3 is 1.81 bits per heavy atom. The van der Waals surface area contributed by atoms with Crippen LogP contribution >= 0.6 is 11.3 Å². The quantitative estimate of drug-likeness (QED) is 0.107. The molecule has 4 atom stereocenters. The Hall–Kier alpha value is -5.70. The summed E-state index contributed by atoms with van der Waals surface area (Å²) in [7, 11) is 2.58. The summed E-state index contributed by atoms with van der Waals surface area (Å²) in [5.74, 6) is 0.988. The summed E-state index contributed by atoms with van der Waals surface area (Å²) in [4.78, 5) is 73.5. The van der Waals surface area contributed by atoms with E-state index in [4.69, 9.17) is 14.5 Å². The predicted octanol–water partition coefficient (Wildman–Crippen LogP) is 7.44. The minimum Gasteiger partial charge on any atom is -0.453 e. The lowest BCUT2D eigenvalue weighted by atomic mass is 10.0. The predicted molar refractivity (Wildman–Crippen MR) is 218 cm³/mol. The highest BCUT2D eigenvalue weighted by molar-refractivity contribution is 7.18. The standard InChI is InChI=1S/C42H50N8O6S/c1-23(2)35(47-41(53)55-5)39(51)49-19-7-9-31(49)37-43-22-30(46-37)25-11-13-26(14-12-25)33-17-18-34(57-33)27-15-16-28-29(21-27)45-38(44-28)32-10-8-20-50(32)40(52)36(24(3)4)48-42(54)56-6/h11-18,21-24,31-32,35-36H,7-10,19-20H2,1-6H3,(H,43,46)(H,44,45)(H,47,53)(H,48,54)/t31?,32?,35-,36-/m0/s1. The fourth-order valence-electron chi connectivity index (χ4n) is 7.84. The molecule has 57 heavy (non-hydrogen) atoms. The van der Waals surface area contributed by atoms with E-state index in [9.17, 15) is 19.2 Å². The number of hydrogen-bond acceptors (Lipinski definition) is 9. The third-order valence-corrected chi connectivity index (χ3v) is 12.1. The monoisotopic (exact) mass is 794 g/mol. The van der Waals surface area contributed by atoms with Gasteiger partial charge in [-0.05, 0) is 78.5 Å². The lowest BCUT2D eigenvalue weighted by Crippen LogP contribution is -2.51. The number of thiophene rings is 1. The molecule has 5 aromatic rings. The molecule has 4 N–H and O–H groups in total. The van der Waals surface area contributed by atoms with Gasteiger partial charge < -0.3 is 39.9 Å². The van der Waals surface area contributed by atoms with Crippen LogP contribution in [-0.4, -0.2) is 93.1 Å². The Labute approximate surface area is 335 Å². The number of alkyl carbamates (subject to hydrolysis) is 2. The summed E-state index contributed by atoms with van der Waals surface area (Å²) in [6.45, 7) is 8.81. The molecule has 14 nitrogen and oxygen atoms in total. The first-order chi connectivity index (χ1) is 27.4. The average Bonchev–Trinajstić information content (AvgIpc) is 4.06. The van der Waals surface area contributed by atoms with Gasteiger partial charge in [0.05, 0.1) is 49.2 Å². The first kappa shape index (κ1) is 39.5. The first-order valence-electron chi connectivity index (χ1n) is 19.5. The lowest BCUT2D eigenvalue weighted by molar-refractivity contribution is -0.136. The molecule has 300 valence electrons. The van der Waals surface area contributed by atoms with Gasteiger partial charge in [-0.2, -0.15) is 0 Å². The molecule has 7 rings (SSSR count). The molecule has 4 amide bonds. The van der Waals surface area contributed by atoms with E-state index in [0.29, 0.717) is 13.1 Å². The maximum atomic E-state index is 13.6. The molecule has 0 radical (unpaired) electrons. The number of likely N-dealkylation sites (tertiary alicyclic amines) is 2. The smallest absolute Gasteiger partial charge is 0.407 e. The van der Waals surface area contributed by atoms with Gasteiger partial charge in [-0.25, -0.2) is 19.6 Å². The topological polar surface area (TPSA) is 175 Å². The number of carbonyl (C=O) groups is 4. The summed E-state index contributed by atoms with van der Waals surface area (Å²) in [6.07, 6.45) is 3.83. The summed E-state index contributed by atoms with van der Waals surface area (Å²) >= 11 is 1.71. The molecule has 2 unspecified atom stereocenters. The number of hydrogen-bond donors (Lipinski definition) is 4. The number of fused-ring (bicyclic) bond motifs is 1. The second kappa shape index (κ2) is 16.8. The van der Waals surface area contributed by atoms with Crippen molar-refractivity contribution in [2.24, 2.45) is 11.8 Å². The van der Waals surface area contributed by atoms with Crippen molar-refractivity contribution in [3.05, 3.63) is 72.4 Å². The molecule has 2 saturated heterocycles. The van der Waals surface area contributed by atoms with E-state index < -0.39 is 24.3 Å². The fraction of sp³-hybridized carbons (Fsp3) is 0.429. The number of aromatic amines is 2. The van der Waals surface area contributed by atoms with E-state index >= 15 is 0 Å². The Bertz CT molecular complexity index is 2240. The van der Waals surface area contributed by atoms with Gasteiger partial charge in [-0.1, -0.05) is 58.0 Å². The van der Waals surface area contributed by atoms with E-state index in [-0.39, 0.29) is 35.7 Å². The number of H-pyrrole nitrogens is 2. The number of amides is 4. The van der Waals surface area contributed by atoms with Crippen molar-refractivity contribution < 1.29 is 28.7 Å². The summed E-state index contributed by atoms with van der Waals surface area (Å²) in [5, 5.41) is 5.41. The highest BCUT2D eigenvalue weighted by atomic mass is 32.1. The zero-order valence-corrected chi connectivity index (χ0v) is 33.9. The highest BCUT2D eigenvalue weighted by Gasteiger charge is 2.39. The van der Waals surface area contributed by atoms with E-state index in [1.165, 1.54) is 14.2 Å². The molecule has 2 aromatic carbocycles. The average molecular weight is 795 g/mol. The molecule has 0 aliphatic carbocycles. The SMILES string of the molecule is COC(=O)N[C@H](C(=O)N1CCCC1c1ncc(-c2ccc(-c3ccc(-c4ccc5nc(C6CCCN6C(=O)[C@@H](NC(=O)OC)C(C)C)[nH]c5c4)s3)cc2)[nH]1)C(C)C. The Balaban J connectivity index is 1.03. The minimum atomic E-state index is -0.689. The summed E-state index contributed by atoms with van der Waals surface area (Å²) < 4.78 is 9.53. The van der Waals surface area contributed by atoms with Gasteiger partial charge in [-0.15, -0.1) is 11.3 Å². The third kappa shape index (κ3) is 8.24. The van der Waals surface area contributed by atoms with Gasteiger partial charge in [-0.3, -0.25) is 9.59 Å². The minimum absolute atomic E-state index is 0.104. The number of methoxy groups -OCH3 is 2. The highest BCUT2D eigenvalue weighted by Crippen LogP contribution is 2.38. The molecule has 0 saturated carbocycles. The molecule has 0 bridgehead atoms. The molecule has 3 aromatic heterocycles. The number of nitrogens with zero attached hydrogens (tertiary/aromatic N) is 4. The van der Waals surface area contributed by atoms with Crippen molar-refractivity contribution in [2.45, 2.75) is 77.5 Å². The third-order valence-electron chi connectivity index (χ3n) is 11.0. The number of aromatic nitrogens is 4. The Morgan fingerprint density at radius 2 is 1.25 bits per heavy atom. The van der Waals surface area contributed by atoms with E-state index in [2.05, 4.69) is 74.1 Å². The van der Waals surface area contributed by atoms with Crippen molar-refractivity contribution in [1.82, 2.24) is 40.4 Å². The second-order valence-corrected chi connectivity index (χ2v) is 16.5. The van der Waals surface area contributed by atoms with E-state index in [1.807, 2.05) is 49.8 Å². The van der Waals surface area contributed by atoms with Crippen LogP contribution in [0.4, 0.5) is 9.59 Å². The van der Waals surface area contributed by atoms with Crippen LogP contribution in [0.1, 0.15) is 77.1 Å². The van der Waals surface area contributed by atoms with Crippen molar-refractivity contribution in [2.75, 3.05) is 27.3 Å². The van der Waals surface area contributed by atoms with E-state index in [1.54, 1.807) is 11.3 Å². The molecular formula is C42H50N8O6S. The number of benzene rings is 2. The zero-order valence-electron chi connectivity index (χ0n) is 33.1. The maximum absolute atomic E-state index is 13.6. The molecule has 2 aliphatic rings. The molecule has 2 fully saturated rings. The van der Waals surface area contributed by atoms with Crippen LogP contribution in [0, 0.1) is 11.8 Å². The number of carbonyl (C=O) groups excluding carboxylic acids is 4. The van der Waals surface area contributed by atoms with Gasteiger partial charge in [0.1, 0.15) is 23.7 Å². The first-order valence-corrected chi connectivity index (χ1v) is 20.3. The summed E-state index contributed by atoms with van der Waals surface area (Å²) in [5.41, 5.74) is 5.74. The van der Waals surface area contributed by atoms with Gasteiger partial charge in [0, 0.05) is 22.8 Å². The number of rotatable bonds is 11. The van der Waals surface area contributed by atoms with Gasteiger partial charge in [0.25, 0.3) is 0 Å².